The van der Waals surface area contributed by atoms with Crippen LogP contribution in [0.15, 0.2) is 47.4 Å². The summed E-state index contributed by atoms with van der Waals surface area (Å²) in [6, 6.07) is 9.01. The van der Waals surface area contributed by atoms with Crippen LogP contribution in [-0.2, 0) is 6.54 Å². The van der Waals surface area contributed by atoms with E-state index in [-0.39, 0.29) is 12.1 Å². The minimum absolute atomic E-state index is 0.215. The summed E-state index contributed by atoms with van der Waals surface area (Å²) in [6.45, 7) is 0.215. The van der Waals surface area contributed by atoms with Crippen molar-refractivity contribution in [2.45, 2.75) is 6.54 Å². The average molecular weight is 338 g/mol. The monoisotopic (exact) mass is 337 g/mol. The van der Waals surface area contributed by atoms with Gasteiger partial charge in [-0.15, -0.1) is 0 Å². The lowest BCUT2D eigenvalue weighted by Crippen LogP contribution is -2.16. The normalized spacial score (nSPS) is 10.9. The molecule has 7 heteroatoms. The summed E-state index contributed by atoms with van der Waals surface area (Å²) >= 11 is 11.5. The van der Waals surface area contributed by atoms with Crippen LogP contribution in [0.4, 0.5) is 10.1 Å². The minimum Gasteiger partial charge on any atom is -0.377 e. The first kappa shape index (κ1) is 14.8. The number of anilines is 1. The number of aromatic nitrogens is 2. The Morgan fingerprint density at radius 1 is 1.14 bits per heavy atom. The van der Waals surface area contributed by atoms with Crippen LogP contribution < -0.4 is 10.9 Å². The minimum atomic E-state index is -0.461. The van der Waals surface area contributed by atoms with Gasteiger partial charge in [0, 0.05) is 17.3 Å². The van der Waals surface area contributed by atoms with E-state index in [4.69, 9.17) is 23.2 Å². The highest BCUT2D eigenvalue weighted by Crippen LogP contribution is 2.19. The fourth-order valence-electron chi connectivity index (χ4n) is 2.04. The second-order valence-corrected chi connectivity index (χ2v) is 5.51. The highest BCUT2D eigenvalue weighted by Gasteiger charge is 2.06. The molecule has 0 aliphatic heterocycles. The Kier molecular flexibility index (Phi) is 4.00. The van der Waals surface area contributed by atoms with E-state index in [1.807, 2.05) is 0 Å². The molecule has 2 aromatic heterocycles. The quantitative estimate of drug-likeness (QED) is 0.791. The molecule has 0 unspecified atom stereocenters. The van der Waals surface area contributed by atoms with E-state index in [0.29, 0.717) is 27.1 Å². The van der Waals surface area contributed by atoms with E-state index >= 15 is 0 Å². The Balaban J connectivity index is 1.88. The first-order chi connectivity index (χ1) is 10.5. The first-order valence-corrected chi connectivity index (χ1v) is 7.15. The van der Waals surface area contributed by atoms with E-state index in [1.165, 1.54) is 28.8 Å². The molecule has 1 N–H and O–H groups in total. The molecular weight excluding hydrogens is 328 g/mol. The highest BCUT2D eigenvalue weighted by atomic mass is 35.5. The largest absolute Gasteiger partial charge is 0.377 e. The molecule has 0 saturated carbocycles. The number of hydrogen-bond donors (Lipinski definition) is 1. The lowest BCUT2D eigenvalue weighted by Gasteiger charge is -2.08. The summed E-state index contributed by atoms with van der Waals surface area (Å²) in [4.78, 5) is 16.4. The molecule has 0 saturated heterocycles. The zero-order valence-corrected chi connectivity index (χ0v) is 12.7. The third-order valence-corrected chi connectivity index (χ3v) is 3.53. The molecule has 0 spiro atoms. The zero-order chi connectivity index (χ0) is 15.7. The Morgan fingerprint density at radius 2 is 1.91 bits per heavy atom. The van der Waals surface area contributed by atoms with Gasteiger partial charge >= 0.3 is 0 Å². The van der Waals surface area contributed by atoms with Crippen LogP contribution >= 0.6 is 23.2 Å². The molecule has 0 aliphatic rings. The lowest BCUT2D eigenvalue weighted by molar-refractivity contribution is 0.630. The summed E-state index contributed by atoms with van der Waals surface area (Å²) in [5.41, 5.74) is 1.02. The summed E-state index contributed by atoms with van der Waals surface area (Å²) in [5, 5.41) is 3.66. The Hall–Kier alpha value is -2.11. The maximum absolute atomic E-state index is 13.7. The molecule has 0 bridgehead atoms. The number of pyridine rings is 1. The standard InChI is InChI=1S/C15H10Cl2FN3O/c16-9-1-3-13(12(18)5-9)19-7-11-6-15(22)21-8-10(17)2-4-14(21)20-11/h1-6,8,19H,7H2. The van der Waals surface area contributed by atoms with Crippen LogP contribution in [0, 0.1) is 5.82 Å². The molecule has 1 aromatic carbocycles. The molecule has 0 radical (unpaired) electrons. The van der Waals surface area contributed by atoms with Crippen LogP contribution in [-0.4, -0.2) is 9.38 Å². The van der Waals surface area contributed by atoms with E-state index in [1.54, 1.807) is 18.2 Å². The van der Waals surface area contributed by atoms with Gasteiger partial charge in [-0.1, -0.05) is 23.2 Å². The number of halogens is 3. The maximum atomic E-state index is 13.7. The number of hydrogen-bond acceptors (Lipinski definition) is 3. The summed E-state index contributed by atoms with van der Waals surface area (Å²) in [7, 11) is 0. The highest BCUT2D eigenvalue weighted by molar-refractivity contribution is 6.30. The van der Waals surface area contributed by atoms with Crippen LogP contribution in [0.25, 0.3) is 5.65 Å². The van der Waals surface area contributed by atoms with Crippen molar-refractivity contribution in [1.29, 1.82) is 0 Å². The summed E-state index contributed by atoms with van der Waals surface area (Å²) in [5.74, 6) is -0.461. The number of rotatable bonds is 3. The van der Waals surface area contributed by atoms with Crippen LogP contribution in [0.2, 0.25) is 10.0 Å². The molecule has 0 aliphatic carbocycles. The first-order valence-electron chi connectivity index (χ1n) is 6.40. The van der Waals surface area contributed by atoms with E-state index in [9.17, 15) is 9.18 Å². The van der Waals surface area contributed by atoms with Crippen molar-refractivity contribution in [2.24, 2.45) is 0 Å². The molecule has 3 aromatic rings. The average Bonchev–Trinajstić information content (AvgIpc) is 2.47. The Bertz CT molecular complexity index is 911. The molecule has 2 heterocycles. The second kappa shape index (κ2) is 5.94. The zero-order valence-electron chi connectivity index (χ0n) is 11.2. The van der Waals surface area contributed by atoms with Gasteiger partial charge in [0.15, 0.2) is 0 Å². The van der Waals surface area contributed by atoms with Crippen molar-refractivity contribution in [1.82, 2.24) is 9.38 Å². The number of nitrogens with zero attached hydrogens (tertiary/aromatic N) is 2. The summed E-state index contributed by atoms with van der Waals surface area (Å²) in [6.07, 6.45) is 1.50. The van der Waals surface area contributed by atoms with Crippen molar-refractivity contribution in [3.05, 3.63) is 74.5 Å². The van der Waals surface area contributed by atoms with Crippen molar-refractivity contribution in [3.8, 4) is 0 Å². The second-order valence-electron chi connectivity index (χ2n) is 4.64. The van der Waals surface area contributed by atoms with Gasteiger partial charge in [-0.2, -0.15) is 0 Å². The van der Waals surface area contributed by atoms with E-state index in [0.717, 1.165) is 0 Å². The molecule has 0 atom stereocenters. The fourth-order valence-corrected chi connectivity index (χ4v) is 2.35. The third kappa shape index (κ3) is 3.05. The van der Waals surface area contributed by atoms with E-state index in [2.05, 4.69) is 10.3 Å². The lowest BCUT2D eigenvalue weighted by atomic mass is 10.3. The third-order valence-electron chi connectivity index (χ3n) is 3.07. The predicted octanol–water partition coefficient (Wildman–Crippen LogP) is 3.75. The molecule has 4 nitrogen and oxygen atoms in total. The fraction of sp³-hybridized carbons (Fsp3) is 0.0667. The van der Waals surface area contributed by atoms with Crippen molar-refractivity contribution in [3.63, 3.8) is 0 Å². The molecular formula is C15H10Cl2FN3O. The van der Waals surface area contributed by atoms with Crippen LogP contribution in [0.5, 0.6) is 0 Å². The van der Waals surface area contributed by atoms with Gasteiger partial charge in [-0.3, -0.25) is 9.20 Å². The van der Waals surface area contributed by atoms with Gasteiger partial charge in [-0.05, 0) is 30.3 Å². The summed E-state index contributed by atoms with van der Waals surface area (Å²) < 4.78 is 15.0. The maximum Gasteiger partial charge on any atom is 0.258 e. The predicted molar refractivity (Wildman–Crippen MR) is 85.2 cm³/mol. The number of benzene rings is 1. The SMILES string of the molecule is O=c1cc(CNc2ccc(Cl)cc2F)nc2ccc(Cl)cn12. The van der Waals surface area contributed by atoms with E-state index < -0.39 is 5.82 Å². The Labute approximate surface area is 135 Å². The van der Waals surface area contributed by atoms with Gasteiger partial charge in [-0.25, -0.2) is 9.37 Å². The molecule has 112 valence electrons. The number of fused-ring (bicyclic) bond motifs is 1. The molecule has 3 rings (SSSR count). The molecule has 22 heavy (non-hydrogen) atoms. The number of nitrogens with one attached hydrogen (secondary N) is 1. The topological polar surface area (TPSA) is 46.4 Å². The van der Waals surface area contributed by atoms with Gasteiger partial charge in [0.05, 0.1) is 22.9 Å². The Morgan fingerprint density at radius 3 is 2.68 bits per heavy atom. The van der Waals surface area contributed by atoms with Gasteiger partial charge in [0.1, 0.15) is 11.5 Å². The van der Waals surface area contributed by atoms with Crippen LogP contribution in [0.3, 0.4) is 0 Å². The smallest absolute Gasteiger partial charge is 0.258 e. The molecule has 0 amide bonds. The van der Waals surface area contributed by atoms with Gasteiger partial charge < -0.3 is 5.32 Å². The van der Waals surface area contributed by atoms with Gasteiger partial charge in [0.2, 0.25) is 0 Å². The van der Waals surface area contributed by atoms with Crippen molar-refractivity contribution >= 4 is 34.5 Å². The van der Waals surface area contributed by atoms with Crippen molar-refractivity contribution < 1.29 is 4.39 Å². The van der Waals surface area contributed by atoms with Gasteiger partial charge in [0.25, 0.3) is 5.56 Å². The van der Waals surface area contributed by atoms with Crippen LogP contribution in [0.1, 0.15) is 5.69 Å². The van der Waals surface area contributed by atoms with Crippen molar-refractivity contribution in [2.75, 3.05) is 5.32 Å². The molecule has 0 fully saturated rings.